The SMILES string of the molecule is COC(=O)c1ccc(NCc2cc(C(=O)O)co2)c(C)c1. The zero-order chi connectivity index (χ0) is 15.4. The van der Waals surface area contributed by atoms with Gasteiger partial charge in [0, 0.05) is 5.69 Å². The number of carbonyl (C=O) groups is 2. The van der Waals surface area contributed by atoms with Gasteiger partial charge in [0.05, 0.1) is 24.8 Å². The number of carboxylic acid groups (broad SMARTS) is 1. The van der Waals surface area contributed by atoms with Crippen LogP contribution in [0.5, 0.6) is 0 Å². The zero-order valence-electron chi connectivity index (χ0n) is 11.7. The van der Waals surface area contributed by atoms with Crippen molar-refractivity contribution >= 4 is 17.6 Å². The molecule has 1 aromatic carbocycles. The van der Waals surface area contributed by atoms with Gasteiger partial charge >= 0.3 is 11.9 Å². The van der Waals surface area contributed by atoms with E-state index in [0.29, 0.717) is 17.9 Å². The Morgan fingerprint density at radius 3 is 2.62 bits per heavy atom. The number of ether oxygens (including phenoxy) is 1. The fourth-order valence-electron chi connectivity index (χ4n) is 1.87. The molecule has 0 bridgehead atoms. The van der Waals surface area contributed by atoms with Crippen LogP contribution in [0.2, 0.25) is 0 Å². The van der Waals surface area contributed by atoms with E-state index in [-0.39, 0.29) is 11.5 Å². The van der Waals surface area contributed by atoms with E-state index in [1.165, 1.54) is 19.4 Å². The van der Waals surface area contributed by atoms with E-state index in [2.05, 4.69) is 10.1 Å². The number of hydrogen-bond acceptors (Lipinski definition) is 5. The van der Waals surface area contributed by atoms with Crippen molar-refractivity contribution in [3.05, 3.63) is 53.0 Å². The predicted molar refractivity (Wildman–Crippen MR) is 75.5 cm³/mol. The van der Waals surface area contributed by atoms with Crippen molar-refractivity contribution in [1.82, 2.24) is 0 Å². The van der Waals surface area contributed by atoms with E-state index < -0.39 is 5.97 Å². The minimum absolute atomic E-state index is 0.115. The van der Waals surface area contributed by atoms with E-state index in [1.807, 2.05) is 6.92 Å². The molecule has 1 heterocycles. The highest BCUT2D eigenvalue weighted by molar-refractivity contribution is 5.90. The minimum atomic E-state index is -1.02. The second-order valence-corrected chi connectivity index (χ2v) is 4.48. The van der Waals surface area contributed by atoms with Crippen molar-refractivity contribution in [3.8, 4) is 0 Å². The molecular formula is C15H15NO5. The fraction of sp³-hybridized carbons (Fsp3) is 0.200. The first-order valence-electron chi connectivity index (χ1n) is 6.25. The maximum atomic E-state index is 11.4. The monoisotopic (exact) mass is 289 g/mol. The van der Waals surface area contributed by atoms with Crippen molar-refractivity contribution in [2.24, 2.45) is 0 Å². The number of nitrogens with one attached hydrogen (secondary N) is 1. The number of furan rings is 1. The molecule has 110 valence electrons. The Hall–Kier alpha value is -2.76. The minimum Gasteiger partial charge on any atom is -0.478 e. The van der Waals surface area contributed by atoms with E-state index in [0.717, 1.165) is 11.3 Å². The number of esters is 1. The molecule has 2 rings (SSSR count). The van der Waals surface area contributed by atoms with Crippen LogP contribution in [-0.2, 0) is 11.3 Å². The van der Waals surface area contributed by atoms with Crippen molar-refractivity contribution in [3.63, 3.8) is 0 Å². The topological polar surface area (TPSA) is 88.8 Å². The van der Waals surface area contributed by atoms with Crippen molar-refractivity contribution in [2.45, 2.75) is 13.5 Å². The predicted octanol–water partition coefficient (Wildman–Crippen LogP) is 2.68. The number of hydrogen-bond donors (Lipinski definition) is 2. The van der Waals surface area contributed by atoms with Crippen LogP contribution < -0.4 is 5.32 Å². The summed E-state index contributed by atoms with van der Waals surface area (Å²) in [6, 6.07) is 6.61. The fourth-order valence-corrected chi connectivity index (χ4v) is 1.87. The van der Waals surface area contributed by atoms with Gasteiger partial charge in [0.15, 0.2) is 0 Å². The molecule has 0 radical (unpaired) electrons. The highest BCUT2D eigenvalue weighted by Crippen LogP contribution is 2.18. The van der Waals surface area contributed by atoms with Gasteiger partial charge in [0.1, 0.15) is 12.0 Å². The lowest BCUT2D eigenvalue weighted by Gasteiger charge is -2.09. The average molecular weight is 289 g/mol. The molecule has 6 nitrogen and oxygen atoms in total. The van der Waals surface area contributed by atoms with Crippen LogP contribution >= 0.6 is 0 Å². The first-order chi connectivity index (χ1) is 10.0. The molecule has 0 amide bonds. The molecule has 0 atom stereocenters. The Kier molecular flexibility index (Phi) is 4.27. The number of rotatable bonds is 5. The van der Waals surface area contributed by atoms with Crippen LogP contribution in [-0.4, -0.2) is 24.2 Å². The summed E-state index contributed by atoms with van der Waals surface area (Å²) in [6.07, 6.45) is 1.20. The Morgan fingerprint density at radius 2 is 2.05 bits per heavy atom. The Balaban J connectivity index is 2.06. The van der Waals surface area contributed by atoms with Gasteiger partial charge in [-0.2, -0.15) is 0 Å². The molecule has 0 spiro atoms. The number of carbonyl (C=O) groups excluding carboxylic acids is 1. The molecule has 0 unspecified atom stereocenters. The van der Waals surface area contributed by atoms with Gasteiger partial charge in [-0.15, -0.1) is 0 Å². The number of aromatic carboxylic acids is 1. The molecule has 2 aromatic rings. The van der Waals surface area contributed by atoms with E-state index in [1.54, 1.807) is 18.2 Å². The Morgan fingerprint density at radius 1 is 1.29 bits per heavy atom. The highest BCUT2D eigenvalue weighted by atomic mass is 16.5. The van der Waals surface area contributed by atoms with E-state index in [4.69, 9.17) is 9.52 Å². The van der Waals surface area contributed by atoms with Crippen LogP contribution in [0.15, 0.2) is 34.9 Å². The third-order valence-corrected chi connectivity index (χ3v) is 3.00. The van der Waals surface area contributed by atoms with Gasteiger partial charge in [-0.25, -0.2) is 9.59 Å². The third-order valence-electron chi connectivity index (χ3n) is 3.00. The maximum absolute atomic E-state index is 11.4. The molecule has 0 aliphatic heterocycles. The van der Waals surface area contributed by atoms with Crippen molar-refractivity contribution in [1.29, 1.82) is 0 Å². The summed E-state index contributed by atoms with van der Waals surface area (Å²) in [7, 11) is 1.33. The zero-order valence-corrected chi connectivity index (χ0v) is 11.7. The summed E-state index contributed by atoms with van der Waals surface area (Å²) in [5, 5.41) is 11.9. The second kappa shape index (κ2) is 6.13. The van der Waals surface area contributed by atoms with E-state index >= 15 is 0 Å². The second-order valence-electron chi connectivity index (χ2n) is 4.48. The van der Waals surface area contributed by atoms with Gasteiger partial charge in [-0.3, -0.25) is 0 Å². The van der Waals surface area contributed by atoms with Gasteiger partial charge in [-0.1, -0.05) is 0 Å². The van der Waals surface area contributed by atoms with Crippen molar-refractivity contribution < 1.29 is 23.8 Å². The number of aryl methyl sites for hydroxylation is 1. The third kappa shape index (κ3) is 3.42. The van der Waals surface area contributed by atoms with Crippen LogP contribution in [0.1, 0.15) is 32.0 Å². The Labute approximate surface area is 121 Å². The molecular weight excluding hydrogens is 274 g/mol. The number of methoxy groups -OCH3 is 1. The summed E-state index contributed by atoms with van der Waals surface area (Å²) < 4.78 is 9.81. The molecule has 6 heteroatoms. The molecule has 2 N–H and O–H groups in total. The average Bonchev–Trinajstić information content (AvgIpc) is 2.94. The maximum Gasteiger partial charge on any atom is 0.338 e. The summed E-state index contributed by atoms with van der Waals surface area (Å²) in [5.41, 5.74) is 2.30. The standard InChI is InChI=1S/C15H15NO5/c1-9-5-10(15(19)20-2)3-4-13(9)16-7-12-6-11(8-21-12)14(17)18/h3-6,8,16H,7H2,1-2H3,(H,17,18). The molecule has 0 aliphatic rings. The van der Waals surface area contributed by atoms with Crippen LogP contribution in [0.3, 0.4) is 0 Å². The molecule has 21 heavy (non-hydrogen) atoms. The van der Waals surface area contributed by atoms with E-state index in [9.17, 15) is 9.59 Å². The number of anilines is 1. The Bertz CT molecular complexity index is 674. The van der Waals surface area contributed by atoms with Gasteiger partial charge < -0.3 is 19.6 Å². The number of benzene rings is 1. The molecule has 0 fully saturated rings. The van der Waals surface area contributed by atoms with Gasteiger partial charge in [0.25, 0.3) is 0 Å². The first kappa shape index (κ1) is 14.6. The molecule has 0 saturated heterocycles. The lowest BCUT2D eigenvalue weighted by Crippen LogP contribution is -2.04. The van der Waals surface area contributed by atoms with Crippen LogP contribution in [0.25, 0.3) is 0 Å². The molecule has 0 aliphatic carbocycles. The van der Waals surface area contributed by atoms with Crippen LogP contribution in [0, 0.1) is 6.92 Å². The van der Waals surface area contributed by atoms with Gasteiger partial charge in [-0.05, 0) is 36.8 Å². The normalized spacial score (nSPS) is 10.2. The first-order valence-corrected chi connectivity index (χ1v) is 6.25. The van der Waals surface area contributed by atoms with Gasteiger partial charge in [0.2, 0.25) is 0 Å². The number of carboxylic acids is 1. The lowest BCUT2D eigenvalue weighted by atomic mass is 10.1. The lowest BCUT2D eigenvalue weighted by molar-refractivity contribution is 0.0599. The summed E-state index contributed by atoms with van der Waals surface area (Å²) in [6.45, 7) is 2.21. The quantitative estimate of drug-likeness (QED) is 0.823. The van der Waals surface area contributed by atoms with Crippen molar-refractivity contribution in [2.75, 3.05) is 12.4 Å². The highest BCUT2D eigenvalue weighted by Gasteiger charge is 2.10. The summed E-state index contributed by atoms with van der Waals surface area (Å²) in [5.74, 6) is -0.894. The summed E-state index contributed by atoms with van der Waals surface area (Å²) in [4.78, 5) is 22.2. The molecule has 1 aromatic heterocycles. The van der Waals surface area contributed by atoms with Crippen LogP contribution in [0.4, 0.5) is 5.69 Å². The largest absolute Gasteiger partial charge is 0.478 e. The smallest absolute Gasteiger partial charge is 0.338 e. The summed E-state index contributed by atoms with van der Waals surface area (Å²) >= 11 is 0. The molecule has 0 saturated carbocycles.